The van der Waals surface area contributed by atoms with Crippen LogP contribution >= 0.6 is 11.3 Å². The lowest BCUT2D eigenvalue weighted by atomic mass is 9.95. The lowest BCUT2D eigenvalue weighted by Crippen LogP contribution is -2.36. The molecule has 2 saturated carbocycles. The molecule has 0 aliphatic heterocycles. The van der Waals surface area contributed by atoms with Crippen molar-refractivity contribution in [3.8, 4) is 11.8 Å². The van der Waals surface area contributed by atoms with Gasteiger partial charge in [0.05, 0.1) is 28.8 Å². The number of rotatable bonds is 4. The molecule has 0 spiro atoms. The summed E-state index contributed by atoms with van der Waals surface area (Å²) in [6.07, 6.45) is 0.00498. The molecule has 5 rings (SSSR count). The Morgan fingerprint density at radius 3 is 2.81 bits per heavy atom. The molecule has 9 heteroatoms. The van der Waals surface area contributed by atoms with Gasteiger partial charge in [0.25, 0.3) is 0 Å². The number of aliphatic hydroxyl groups is 2. The molecule has 0 bridgehead atoms. The summed E-state index contributed by atoms with van der Waals surface area (Å²) < 4.78 is 1.77. The summed E-state index contributed by atoms with van der Waals surface area (Å²) in [5, 5.41) is 24.6. The highest BCUT2D eigenvalue weighted by Crippen LogP contribution is 2.68. The zero-order valence-electron chi connectivity index (χ0n) is 17.5. The van der Waals surface area contributed by atoms with Crippen LogP contribution in [0.5, 0.6) is 0 Å². The number of carbonyl (C=O) groups excluding carboxylic acids is 1. The first-order valence-electron chi connectivity index (χ1n) is 10.3. The van der Waals surface area contributed by atoms with Crippen molar-refractivity contribution in [1.82, 2.24) is 19.5 Å². The molecule has 3 aromatic heterocycles. The third-order valence-electron chi connectivity index (χ3n) is 6.45. The number of Topliss-reactive ketones (excluding diaryl/α,β-unsaturated/α-hetero) is 1. The minimum absolute atomic E-state index is 0.0864. The SMILES string of the molecule is CCNc1nc(C#Cc2ccc(C)s2)nc2c1ncn2[C@@H]1C2C[C@@]2(C(C)=O)C(O)[C@H]1O. The second-order valence-electron chi connectivity index (χ2n) is 8.24. The van der Waals surface area contributed by atoms with Gasteiger partial charge in [-0.1, -0.05) is 0 Å². The van der Waals surface area contributed by atoms with Gasteiger partial charge in [-0.05, 0) is 57.1 Å². The van der Waals surface area contributed by atoms with Gasteiger partial charge in [-0.25, -0.2) is 15.0 Å². The molecule has 31 heavy (non-hydrogen) atoms. The Bertz CT molecular complexity index is 1260. The fraction of sp³-hybridized carbons (Fsp3) is 0.455. The number of aryl methyl sites for hydroxylation is 1. The summed E-state index contributed by atoms with van der Waals surface area (Å²) in [4.78, 5) is 27.9. The summed E-state index contributed by atoms with van der Waals surface area (Å²) >= 11 is 1.60. The predicted molar refractivity (Wildman–Crippen MR) is 117 cm³/mol. The molecule has 5 atom stereocenters. The Kier molecular flexibility index (Phi) is 4.62. The van der Waals surface area contributed by atoms with Gasteiger partial charge in [-0.2, -0.15) is 0 Å². The van der Waals surface area contributed by atoms with Gasteiger partial charge in [0.2, 0.25) is 5.82 Å². The van der Waals surface area contributed by atoms with Crippen LogP contribution in [0.3, 0.4) is 0 Å². The number of aliphatic hydroxyl groups excluding tert-OH is 2. The summed E-state index contributed by atoms with van der Waals surface area (Å²) in [6.45, 7) is 6.13. The van der Waals surface area contributed by atoms with Gasteiger partial charge in [-0.15, -0.1) is 11.3 Å². The Morgan fingerprint density at radius 2 is 2.16 bits per heavy atom. The molecule has 2 fully saturated rings. The zero-order valence-corrected chi connectivity index (χ0v) is 18.3. The van der Waals surface area contributed by atoms with Crippen LogP contribution in [-0.4, -0.2) is 54.3 Å². The van der Waals surface area contributed by atoms with E-state index >= 15 is 0 Å². The lowest BCUT2D eigenvalue weighted by Gasteiger charge is -2.23. The number of imidazole rings is 1. The fourth-order valence-corrected chi connectivity index (χ4v) is 5.59. The van der Waals surface area contributed by atoms with E-state index in [1.165, 1.54) is 11.8 Å². The van der Waals surface area contributed by atoms with Crippen molar-refractivity contribution in [2.24, 2.45) is 11.3 Å². The maximum Gasteiger partial charge on any atom is 0.209 e. The summed E-state index contributed by atoms with van der Waals surface area (Å²) in [7, 11) is 0. The van der Waals surface area contributed by atoms with E-state index in [0.29, 0.717) is 35.8 Å². The number of hydrogen-bond acceptors (Lipinski definition) is 8. The molecule has 2 unspecified atom stereocenters. The molecule has 8 nitrogen and oxygen atoms in total. The van der Waals surface area contributed by atoms with Gasteiger partial charge in [0.1, 0.15) is 11.9 Å². The zero-order chi connectivity index (χ0) is 21.9. The molecule has 3 heterocycles. The summed E-state index contributed by atoms with van der Waals surface area (Å²) in [6, 6.07) is 3.50. The second-order valence-corrected chi connectivity index (χ2v) is 9.53. The first-order valence-corrected chi connectivity index (χ1v) is 11.1. The van der Waals surface area contributed by atoms with Gasteiger partial charge in [0, 0.05) is 11.4 Å². The Hall–Kier alpha value is -2.80. The molecule has 160 valence electrons. The van der Waals surface area contributed by atoms with E-state index < -0.39 is 23.7 Å². The largest absolute Gasteiger partial charge is 0.389 e. The van der Waals surface area contributed by atoms with Crippen LogP contribution in [0.2, 0.25) is 0 Å². The quantitative estimate of drug-likeness (QED) is 0.534. The molecule has 0 amide bonds. The molecule has 2 aliphatic carbocycles. The molecule has 2 aliphatic rings. The van der Waals surface area contributed by atoms with Crippen LogP contribution in [0.25, 0.3) is 11.2 Å². The summed E-state index contributed by atoms with van der Waals surface area (Å²) in [5.41, 5.74) is 0.236. The van der Waals surface area contributed by atoms with E-state index in [0.717, 1.165) is 4.88 Å². The Labute approximate surface area is 183 Å². The van der Waals surface area contributed by atoms with Crippen molar-refractivity contribution in [2.75, 3.05) is 11.9 Å². The van der Waals surface area contributed by atoms with Crippen LogP contribution in [0.4, 0.5) is 5.82 Å². The number of nitrogens with one attached hydrogen (secondary N) is 1. The molecule has 0 radical (unpaired) electrons. The third kappa shape index (κ3) is 2.97. The van der Waals surface area contributed by atoms with Crippen LogP contribution in [0.15, 0.2) is 18.5 Å². The van der Waals surface area contributed by atoms with Crippen molar-refractivity contribution in [3.05, 3.63) is 34.0 Å². The Balaban J connectivity index is 1.60. The van der Waals surface area contributed by atoms with Crippen LogP contribution in [0, 0.1) is 30.1 Å². The number of ketones is 1. The highest BCUT2D eigenvalue weighted by molar-refractivity contribution is 7.12. The normalized spacial score (nSPS) is 28.8. The maximum atomic E-state index is 12.2. The van der Waals surface area contributed by atoms with E-state index in [4.69, 9.17) is 0 Å². The molecular weight excluding hydrogens is 414 g/mol. The van der Waals surface area contributed by atoms with Crippen molar-refractivity contribution >= 4 is 34.1 Å². The van der Waals surface area contributed by atoms with Gasteiger partial charge in [0.15, 0.2) is 17.0 Å². The maximum absolute atomic E-state index is 12.2. The average molecular weight is 438 g/mol. The Morgan fingerprint density at radius 1 is 1.35 bits per heavy atom. The molecule has 3 N–H and O–H groups in total. The highest BCUT2D eigenvalue weighted by Gasteiger charge is 2.74. The molecule has 0 saturated heterocycles. The standard InChI is InChI=1S/C22H23N5O3S/c1-4-23-20-16-21(26-15(25-20)8-7-13-6-5-11(2)31-13)27(10-24-16)17-14-9-22(14,12(3)28)19(30)18(17)29/h5-6,10,14,17-19,29-30H,4,9H2,1-3H3,(H,23,25,26)/t14?,17-,18+,19?,22+/m1/s1. The van der Waals surface area contributed by atoms with E-state index in [2.05, 4.69) is 32.1 Å². The van der Waals surface area contributed by atoms with Crippen molar-refractivity contribution < 1.29 is 15.0 Å². The smallest absolute Gasteiger partial charge is 0.209 e. The second kappa shape index (κ2) is 7.12. The average Bonchev–Trinajstić information content (AvgIpc) is 2.99. The van der Waals surface area contributed by atoms with E-state index in [9.17, 15) is 15.0 Å². The summed E-state index contributed by atoms with van der Waals surface area (Å²) in [5.74, 6) is 6.82. The molecule has 3 aromatic rings. The van der Waals surface area contributed by atoms with Crippen molar-refractivity contribution in [1.29, 1.82) is 0 Å². The highest BCUT2D eigenvalue weighted by atomic mass is 32.1. The first-order chi connectivity index (χ1) is 14.9. The van der Waals surface area contributed by atoms with Gasteiger partial charge in [-0.3, -0.25) is 4.79 Å². The number of fused-ring (bicyclic) bond motifs is 2. The monoisotopic (exact) mass is 437 g/mol. The number of carbonyl (C=O) groups is 1. The fourth-order valence-electron chi connectivity index (χ4n) is 4.87. The number of thiophene rings is 1. The minimum Gasteiger partial charge on any atom is -0.389 e. The topological polar surface area (TPSA) is 113 Å². The lowest BCUT2D eigenvalue weighted by molar-refractivity contribution is -0.128. The van der Waals surface area contributed by atoms with E-state index in [1.807, 2.05) is 26.0 Å². The number of nitrogens with zero attached hydrogens (tertiary/aromatic N) is 4. The van der Waals surface area contributed by atoms with Crippen molar-refractivity contribution in [2.45, 2.75) is 45.4 Å². The van der Waals surface area contributed by atoms with Gasteiger partial charge >= 0.3 is 0 Å². The number of aromatic nitrogens is 4. The first kappa shape index (κ1) is 20.1. The predicted octanol–water partition coefficient (Wildman–Crippen LogP) is 1.90. The minimum atomic E-state index is -1.09. The van der Waals surface area contributed by atoms with E-state index in [-0.39, 0.29) is 11.7 Å². The number of anilines is 1. The molecular formula is C22H23N5O3S. The van der Waals surface area contributed by atoms with E-state index in [1.54, 1.807) is 22.2 Å². The third-order valence-corrected chi connectivity index (χ3v) is 7.37. The van der Waals surface area contributed by atoms with Crippen molar-refractivity contribution in [3.63, 3.8) is 0 Å². The van der Waals surface area contributed by atoms with Crippen LogP contribution < -0.4 is 5.32 Å². The number of hydrogen-bond donors (Lipinski definition) is 3. The van der Waals surface area contributed by atoms with Crippen LogP contribution in [0.1, 0.15) is 41.9 Å². The van der Waals surface area contributed by atoms with Gasteiger partial charge < -0.3 is 20.1 Å². The molecule has 0 aromatic carbocycles. The van der Waals surface area contributed by atoms with Crippen LogP contribution in [-0.2, 0) is 4.79 Å².